The molecule has 0 aliphatic heterocycles. The van der Waals surface area contributed by atoms with Crippen LogP contribution < -0.4 is 4.31 Å². The lowest BCUT2D eigenvalue weighted by atomic mass is 10.2. The van der Waals surface area contributed by atoms with Crippen molar-refractivity contribution in [2.24, 2.45) is 0 Å². The molecule has 2 rings (SSSR count). The Bertz CT molecular complexity index is 816. The monoisotopic (exact) mass is 465 g/mol. The molecule has 1 radical (unpaired) electrons. The molecule has 1 aromatic heterocycles. The number of hydrogen-bond acceptors (Lipinski definition) is 5. The highest BCUT2D eigenvalue weighted by molar-refractivity contribution is 9.10. The first-order valence-corrected chi connectivity index (χ1v) is 13.3. The summed E-state index contributed by atoms with van der Waals surface area (Å²) in [5, 5.41) is 1.60. The van der Waals surface area contributed by atoms with Crippen molar-refractivity contribution in [1.29, 1.82) is 0 Å². The van der Waals surface area contributed by atoms with Crippen molar-refractivity contribution in [3.05, 3.63) is 39.6 Å². The second-order valence-electron chi connectivity index (χ2n) is 5.76. The molecular weight excluding hydrogens is 447 g/mol. The van der Waals surface area contributed by atoms with E-state index < -0.39 is 24.6 Å². The lowest BCUT2D eigenvalue weighted by Gasteiger charge is -2.23. The zero-order valence-electron chi connectivity index (χ0n) is 14.1. The standard InChI is InChI=1S/C15H19BrFN2O3S2Si/c1-11-6-15(14(17)7-13(11)16)24(20,21)19(12-8-18-23-9-12)10-22-4-5-25(2)3/h6-9H,4-5,10H2,1-3H3. The van der Waals surface area contributed by atoms with Crippen molar-refractivity contribution < 1.29 is 17.5 Å². The number of nitrogens with zero attached hydrogens (tertiary/aromatic N) is 2. The summed E-state index contributed by atoms with van der Waals surface area (Å²) in [7, 11) is -4.56. The number of rotatable bonds is 8. The third-order valence-corrected chi connectivity index (χ3v) is 7.84. The molecule has 0 aliphatic rings. The highest BCUT2D eigenvalue weighted by atomic mass is 79.9. The molecule has 1 heterocycles. The number of anilines is 1. The van der Waals surface area contributed by atoms with Crippen LogP contribution in [-0.4, -0.2) is 34.9 Å². The summed E-state index contributed by atoms with van der Waals surface area (Å²) in [6.45, 7) is 6.31. The molecule has 25 heavy (non-hydrogen) atoms. The average Bonchev–Trinajstić information content (AvgIpc) is 3.04. The second-order valence-corrected chi connectivity index (χ2v) is 12.0. The molecule has 0 amide bonds. The Morgan fingerprint density at radius 2 is 2.12 bits per heavy atom. The van der Waals surface area contributed by atoms with Gasteiger partial charge in [0.1, 0.15) is 17.4 Å². The quantitative estimate of drug-likeness (QED) is 0.331. The number of sulfonamides is 1. The van der Waals surface area contributed by atoms with E-state index in [1.165, 1.54) is 12.3 Å². The van der Waals surface area contributed by atoms with E-state index in [1.54, 1.807) is 12.3 Å². The van der Waals surface area contributed by atoms with E-state index in [0.717, 1.165) is 27.9 Å². The van der Waals surface area contributed by atoms with Crippen molar-refractivity contribution in [3.8, 4) is 0 Å². The van der Waals surface area contributed by atoms with Crippen LogP contribution in [0.2, 0.25) is 19.1 Å². The maximum Gasteiger partial charge on any atom is 0.269 e. The molecule has 0 aliphatic carbocycles. The Hall–Kier alpha value is -0.813. The summed E-state index contributed by atoms with van der Waals surface area (Å²) >= 11 is 4.33. The third kappa shape index (κ3) is 5.10. The SMILES string of the molecule is Cc1cc(S(=O)(=O)N(COCC[Si](C)C)c2cnsc2)c(F)cc1Br. The fourth-order valence-electron chi connectivity index (χ4n) is 1.98. The van der Waals surface area contributed by atoms with E-state index >= 15 is 0 Å². The van der Waals surface area contributed by atoms with Gasteiger partial charge in [0.05, 0.1) is 11.9 Å². The maximum absolute atomic E-state index is 14.3. The molecule has 0 fully saturated rings. The van der Waals surface area contributed by atoms with Crippen LogP contribution in [0.1, 0.15) is 5.56 Å². The van der Waals surface area contributed by atoms with Gasteiger partial charge in [0, 0.05) is 25.3 Å². The highest BCUT2D eigenvalue weighted by Gasteiger charge is 2.29. The van der Waals surface area contributed by atoms with Crippen LogP contribution in [0.3, 0.4) is 0 Å². The van der Waals surface area contributed by atoms with Crippen molar-refractivity contribution in [2.45, 2.75) is 31.0 Å². The molecular formula is C15H19BrFN2O3S2Si. The largest absolute Gasteiger partial charge is 0.360 e. The van der Waals surface area contributed by atoms with Gasteiger partial charge in [0.2, 0.25) is 0 Å². The molecule has 2 aromatic rings. The van der Waals surface area contributed by atoms with Crippen LogP contribution in [0, 0.1) is 12.7 Å². The smallest absolute Gasteiger partial charge is 0.269 e. The normalized spacial score (nSPS) is 11.9. The first-order chi connectivity index (χ1) is 11.7. The van der Waals surface area contributed by atoms with Crippen molar-refractivity contribution in [1.82, 2.24) is 4.37 Å². The minimum Gasteiger partial charge on any atom is -0.360 e. The number of aromatic nitrogens is 1. The number of halogens is 2. The molecule has 0 saturated heterocycles. The number of hydrogen-bond donors (Lipinski definition) is 0. The van der Waals surface area contributed by atoms with E-state index in [2.05, 4.69) is 33.4 Å². The van der Waals surface area contributed by atoms with Gasteiger partial charge in [-0.05, 0) is 42.2 Å². The molecule has 137 valence electrons. The minimum atomic E-state index is -4.11. The maximum atomic E-state index is 14.3. The molecule has 0 saturated carbocycles. The molecule has 0 bridgehead atoms. The summed E-state index contributed by atoms with van der Waals surface area (Å²) in [4.78, 5) is -0.376. The zero-order chi connectivity index (χ0) is 18.6. The lowest BCUT2D eigenvalue weighted by molar-refractivity contribution is 0.157. The average molecular weight is 466 g/mol. The summed E-state index contributed by atoms with van der Waals surface area (Å²) < 4.78 is 51.4. The van der Waals surface area contributed by atoms with Crippen molar-refractivity contribution in [3.63, 3.8) is 0 Å². The van der Waals surface area contributed by atoms with Crippen LogP contribution in [-0.2, 0) is 14.8 Å². The Balaban J connectivity index is 2.34. The fourth-order valence-corrected chi connectivity index (χ4v) is 4.90. The molecule has 0 spiro atoms. The van der Waals surface area contributed by atoms with E-state index in [9.17, 15) is 12.8 Å². The Morgan fingerprint density at radius 3 is 2.72 bits per heavy atom. The third-order valence-electron chi connectivity index (χ3n) is 3.44. The van der Waals surface area contributed by atoms with Gasteiger partial charge < -0.3 is 4.74 Å². The highest BCUT2D eigenvalue weighted by Crippen LogP contribution is 2.29. The van der Waals surface area contributed by atoms with Gasteiger partial charge in [-0.25, -0.2) is 17.1 Å². The number of benzene rings is 1. The van der Waals surface area contributed by atoms with Gasteiger partial charge in [0.25, 0.3) is 10.0 Å². The van der Waals surface area contributed by atoms with Gasteiger partial charge >= 0.3 is 0 Å². The Kier molecular flexibility index (Phi) is 7.15. The van der Waals surface area contributed by atoms with Crippen LogP contribution in [0.25, 0.3) is 0 Å². The van der Waals surface area contributed by atoms with Gasteiger partial charge in [0.15, 0.2) is 0 Å². The predicted molar refractivity (Wildman–Crippen MR) is 104 cm³/mol. The number of aryl methyl sites for hydroxylation is 1. The van der Waals surface area contributed by atoms with Crippen LogP contribution in [0.15, 0.2) is 33.1 Å². The van der Waals surface area contributed by atoms with Crippen LogP contribution >= 0.6 is 27.5 Å². The molecule has 0 atom stereocenters. The summed E-state index contributed by atoms with van der Waals surface area (Å²) in [6, 6.07) is 3.39. The predicted octanol–water partition coefficient (Wildman–Crippen LogP) is 4.28. The van der Waals surface area contributed by atoms with Gasteiger partial charge in [-0.3, -0.25) is 0 Å². The topological polar surface area (TPSA) is 59.5 Å². The molecule has 10 heteroatoms. The van der Waals surface area contributed by atoms with Crippen LogP contribution in [0.5, 0.6) is 0 Å². The minimum absolute atomic E-state index is 0.176. The fraction of sp³-hybridized carbons (Fsp3) is 0.400. The van der Waals surface area contributed by atoms with E-state index in [1.807, 2.05) is 0 Å². The molecule has 1 aromatic carbocycles. The summed E-state index contributed by atoms with van der Waals surface area (Å²) in [5.41, 5.74) is 0.997. The van der Waals surface area contributed by atoms with E-state index in [0.29, 0.717) is 22.3 Å². The zero-order valence-corrected chi connectivity index (χ0v) is 18.3. The molecule has 5 nitrogen and oxygen atoms in total. The van der Waals surface area contributed by atoms with E-state index in [-0.39, 0.29) is 11.6 Å². The summed E-state index contributed by atoms with van der Waals surface area (Å²) in [5.74, 6) is -0.807. The summed E-state index contributed by atoms with van der Waals surface area (Å²) in [6.07, 6.45) is 1.43. The van der Waals surface area contributed by atoms with E-state index in [4.69, 9.17) is 4.74 Å². The molecule has 0 unspecified atom stereocenters. The van der Waals surface area contributed by atoms with Gasteiger partial charge in [-0.15, -0.1) is 0 Å². The van der Waals surface area contributed by atoms with Gasteiger partial charge in [-0.1, -0.05) is 29.0 Å². The first-order valence-electron chi connectivity index (χ1n) is 7.48. The lowest BCUT2D eigenvalue weighted by Crippen LogP contribution is -2.34. The van der Waals surface area contributed by atoms with Crippen molar-refractivity contribution >= 4 is 52.0 Å². The van der Waals surface area contributed by atoms with Gasteiger partial charge in [-0.2, -0.15) is 4.37 Å². The Labute approximate surface area is 161 Å². The first kappa shape index (κ1) is 20.5. The molecule has 0 N–H and O–H groups in total. The second kappa shape index (κ2) is 8.72. The number of ether oxygens (including phenoxy) is 1. The van der Waals surface area contributed by atoms with Crippen LogP contribution in [0.4, 0.5) is 10.1 Å². The Morgan fingerprint density at radius 1 is 1.40 bits per heavy atom. The van der Waals surface area contributed by atoms with Crippen molar-refractivity contribution in [2.75, 3.05) is 17.6 Å².